The fraction of sp³-hybridized carbons (Fsp3) is 0.267. The van der Waals surface area contributed by atoms with Gasteiger partial charge in [0.15, 0.2) is 0 Å². The van der Waals surface area contributed by atoms with Crippen molar-refractivity contribution in [1.82, 2.24) is 0 Å². The van der Waals surface area contributed by atoms with Gasteiger partial charge in [-0.15, -0.1) is 0 Å². The van der Waals surface area contributed by atoms with Gasteiger partial charge in [-0.05, 0) is 62.7 Å². The van der Waals surface area contributed by atoms with Crippen molar-refractivity contribution in [3.05, 3.63) is 83.4 Å². The molecule has 0 aromatic heterocycles. The van der Waals surface area contributed by atoms with Gasteiger partial charge in [0.25, 0.3) is 11.7 Å². The van der Waals surface area contributed by atoms with Crippen molar-refractivity contribution in [2.45, 2.75) is 32.9 Å². The smallest absolute Gasteiger partial charge is 0.300 e. The van der Waals surface area contributed by atoms with E-state index in [9.17, 15) is 14.7 Å². The van der Waals surface area contributed by atoms with Gasteiger partial charge in [-0.3, -0.25) is 14.5 Å². The lowest BCUT2D eigenvalue weighted by atomic mass is 9.94. The van der Waals surface area contributed by atoms with Crippen LogP contribution in [0.2, 0.25) is 0 Å². The van der Waals surface area contributed by atoms with Gasteiger partial charge in [0, 0.05) is 11.8 Å². The number of carbonyl (C=O) groups is 2. The molecule has 0 saturated carbocycles. The molecule has 1 aliphatic heterocycles. The maximum atomic E-state index is 13.6. The highest BCUT2D eigenvalue weighted by Crippen LogP contribution is 2.46. The van der Waals surface area contributed by atoms with E-state index in [0.717, 1.165) is 0 Å². The van der Waals surface area contributed by atoms with E-state index in [1.165, 1.54) is 19.1 Å². The van der Waals surface area contributed by atoms with Crippen LogP contribution in [-0.2, 0) is 9.59 Å². The summed E-state index contributed by atoms with van der Waals surface area (Å²) in [6.45, 7) is 6.12. The van der Waals surface area contributed by atoms with Crippen molar-refractivity contribution in [3.8, 4) is 23.0 Å². The Morgan fingerprint density at radius 1 is 0.921 bits per heavy atom. The van der Waals surface area contributed by atoms with E-state index in [1.807, 2.05) is 20.8 Å². The van der Waals surface area contributed by atoms with Crippen LogP contribution in [0.4, 0.5) is 5.69 Å². The average Bonchev–Trinajstić information content (AvgIpc) is 3.18. The van der Waals surface area contributed by atoms with Crippen molar-refractivity contribution in [1.29, 1.82) is 0 Å². The van der Waals surface area contributed by atoms with Crippen molar-refractivity contribution in [2.75, 3.05) is 25.7 Å². The van der Waals surface area contributed by atoms with Crippen LogP contribution >= 0.6 is 0 Å². The van der Waals surface area contributed by atoms with Crippen LogP contribution in [0.1, 0.15) is 37.9 Å². The molecule has 0 aliphatic carbocycles. The zero-order valence-electron chi connectivity index (χ0n) is 22.1. The fourth-order valence-corrected chi connectivity index (χ4v) is 4.55. The lowest BCUT2D eigenvalue weighted by Crippen LogP contribution is -2.29. The highest BCUT2D eigenvalue weighted by molar-refractivity contribution is 6.51. The first-order valence-corrected chi connectivity index (χ1v) is 12.3. The molecular formula is C30H31NO7. The Morgan fingerprint density at radius 3 is 2.18 bits per heavy atom. The van der Waals surface area contributed by atoms with Crippen molar-refractivity contribution < 1.29 is 33.6 Å². The molecule has 0 spiro atoms. The van der Waals surface area contributed by atoms with Gasteiger partial charge < -0.3 is 24.1 Å². The van der Waals surface area contributed by atoms with Crippen LogP contribution in [0.5, 0.6) is 23.0 Å². The second kappa shape index (κ2) is 11.3. The largest absolute Gasteiger partial charge is 0.506 e. The molecule has 3 aromatic rings. The lowest BCUT2D eigenvalue weighted by molar-refractivity contribution is -0.132. The predicted molar refractivity (Wildman–Crippen MR) is 144 cm³/mol. The Balaban J connectivity index is 1.99. The number of nitrogens with zero attached hydrogens (tertiary/aromatic N) is 1. The number of ketones is 1. The molecule has 1 aliphatic rings. The predicted octanol–water partition coefficient (Wildman–Crippen LogP) is 5.52. The van der Waals surface area contributed by atoms with E-state index in [2.05, 4.69) is 0 Å². The highest BCUT2D eigenvalue weighted by Gasteiger charge is 2.47. The molecule has 1 unspecified atom stereocenters. The zero-order valence-corrected chi connectivity index (χ0v) is 22.1. The summed E-state index contributed by atoms with van der Waals surface area (Å²) in [5.41, 5.74) is 1.11. The van der Waals surface area contributed by atoms with Crippen LogP contribution in [-0.4, -0.2) is 43.7 Å². The van der Waals surface area contributed by atoms with E-state index in [0.29, 0.717) is 40.9 Å². The Bertz CT molecular complexity index is 1360. The van der Waals surface area contributed by atoms with E-state index < -0.39 is 23.5 Å². The molecule has 38 heavy (non-hydrogen) atoms. The normalized spacial score (nSPS) is 16.6. The average molecular weight is 518 g/mol. The van der Waals surface area contributed by atoms with E-state index in [4.69, 9.17) is 18.9 Å². The van der Waals surface area contributed by atoms with Crippen LogP contribution in [0.15, 0.2) is 72.3 Å². The third kappa shape index (κ3) is 5.02. The molecule has 0 bridgehead atoms. The van der Waals surface area contributed by atoms with Crippen LogP contribution in [0, 0.1) is 0 Å². The second-order valence-electron chi connectivity index (χ2n) is 8.88. The number of aliphatic hydroxyl groups excluding tert-OH is 1. The molecule has 1 atom stereocenters. The summed E-state index contributed by atoms with van der Waals surface area (Å²) in [6, 6.07) is 18.1. The number of aliphatic hydroxyl groups is 1. The standard InChI is InChI=1S/C30H31NO7/c1-6-37-21-12-8-11-20(17-21)31-27(19-10-7-13-22(16-19)38-18(2)3)26(29(33)30(31)34)28(32)25-23(35-4)14-9-15-24(25)36-5/h7-18,27,32H,6H2,1-5H3/b28-26+. The maximum absolute atomic E-state index is 13.6. The molecule has 8 nitrogen and oxygen atoms in total. The summed E-state index contributed by atoms with van der Waals surface area (Å²) in [5.74, 6) is -0.313. The summed E-state index contributed by atoms with van der Waals surface area (Å²) >= 11 is 0. The Hall–Kier alpha value is -4.46. The summed E-state index contributed by atoms with van der Waals surface area (Å²) < 4.78 is 22.5. The molecule has 1 amide bonds. The molecule has 8 heteroatoms. The number of hydrogen-bond donors (Lipinski definition) is 1. The number of ether oxygens (including phenoxy) is 4. The fourth-order valence-electron chi connectivity index (χ4n) is 4.55. The summed E-state index contributed by atoms with van der Waals surface area (Å²) in [6.07, 6.45) is -0.0858. The van der Waals surface area contributed by atoms with Crippen LogP contribution in [0.25, 0.3) is 5.76 Å². The van der Waals surface area contributed by atoms with Gasteiger partial charge >= 0.3 is 0 Å². The second-order valence-corrected chi connectivity index (χ2v) is 8.88. The Labute approximate surface area is 222 Å². The molecule has 198 valence electrons. The van der Waals surface area contributed by atoms with Gasteiger partial charge in [-0.1, -0.05) is 24.3 Å². The van der Waals surface area contributed by atoms with Crippen molar-refractivity contribution >= 4 is 23.1 Å². The number of anilines is 1. The maximum Gasteiger partial charge on any atom is 0.300 e. The van der Waals surface area contributed by atoms with Gasteiger partial charge in [0.05, 0.1) is 38.5 Å². The molecule has 1 heterocycles. The van der Waals surface area contributed by atoms with Crippen molar-refractivity contribution in [2.24, 2.45) is 0 Å². The van der Waals surface area contributed by atoms with Crippen LogP contribution in [0.3, 0.4) is 0 Å². The first-order valence-electron chi connectivity index (χ1n) is 12.3. The summed E-state index contributed by atoms with van der Waals surface area (Å²) in [7, 11) is 2.90. The third-order valence-corrected chi connectivity index (χ3v) is 6.06. The summed E-state index contributed by atoms with van der Waals surface area (Å²) in [4.78, 5) is 28.5. The van der Waals surface area contributed by atoms with Crippen LogP contribution < -0.4 is 23.8 Å². The molecule has 0 radical (unpaired) electrons. The highest BCUT2D eigenvalue weighted by atomic mass is 16.5. The minimum Gasteiger partial charge on any atom is -0.506 e. The quantitative estimate of drug-likeness (QED) is 0.227. The minimum atomic E-state index is -0.961. The number of amides is 1. The third-order valence-electron chi connectivity index (χ3n) is 6.06. The lowest BCUT2D eigenvalue weighted by Gasteiger charge is -2.26. The molecule has 1 N–H and O–H groups in total. The van der Waals surface area contributed by atoms with Gasteiger partial charge in [0.2, 0.25) is 0 Å². The van der Waals surface area contributed by atoms with E-state index in [1.54, 1.807) is 66.7 Å². The number of hydrogen-bond acceptors (Lipinski definition) is 7. The number of benzene rings is 3. The molecule has 4 rings (SSSR count). The van der Waals surface area contributed by atoms with E-state index >= 15 is 0 Å². The monoisotopic (exact) mass is 517 g/mol. The molecule has 1 saturated heterocycles. The number of methoxy groups -OCH3 is 2. The van der Waals surface area contributed by atoms with Gasteiger partial charge in [-0.25, -0.2) is 0 Å². The number of carbonyl (C=O) groups excluding carboxylic acids is 2. The first kappa shape index (κ1) is 26.6. The summed E-state index contributed by atoms with van der Waals surface area (Å²) in [5, 5.41) is 11.6. The topological polar surface area (TPSA) is 94.5 Å². The van der Waals surface area contributed by atoms with Crippen molar-refractivity contribution in [3.63, 3.8) is 0 Å². The van der Waals surface area contributed by atoms with Gasteiger partial charge in [-0.2, -0.15) is 0 Å². The first-order chi connectivity index (χ1) is 18.3. The zero-order chi connectivity index (χ0) is 27.4. The minimum absolute atomic E-state index is 0.0858. The number of Topliss-reactive ketones (excluding diaryl/α,β-unsaturated/α-hetero) is 1. The Morgan fingerprint density at radius 2 is 1.55 bits per heavy atom. The molecular weight excluding hydrogens is 486 g/mol. The SMILES string of the molecule is CCOc1cccc(N2C(=O)C(=O)/C(=C(/O)c3c(OC)cccc3OC)C2c2cccc(OC(C)C)c2)c1. The number of rotatable bonds is 9. The molecule has 3 aromatic carbocycles. The Kier molecular flexibility index (Phi) is 7.90. The molecule has 1 fully saturated rings. The van der Waals surface area contributed by atoms with E-state index in [-0.39, 0.29) is 17.2 Å². The van der Waals surface area contributed by atoms with Gasteiger partial charge in [0.1, 0.15) is 34.3 Å².